The highest BCUT2D eigenvalue weighted by molar-refractivity contribution is 7.19. The zero-order valence-electron chi connectivity index (χ0n) is 36.5. The molecule has 4 atom stereocenters. The standard InChI is InChI=1S/C48H56N10O5S/c1-27(2)38-17-39(42(60)18-41(38)59)47(62)55-22-29-4-3-28(13-31(29)23-55)21-57-35-7-8-36(57)25-56(24-35)46(61)30-14-33-5-6-34(15-30)58(33)26-37-16-40-43(64-37)45(54-9-11-63-12-10-54)53-44(52-40)32-19-50-48(49)51-20-32/h3-4,13,16-20,27,30,33-36,59-60H,5-12,14-15,21-26H2,1-2H3,(H2,49,50,51). The van der Waals surface area contributed by atoms with E-state index in [2.05, 4.69) is 53.8 Å². The summed E-state index contributed by atoms with van der Waals surface area (Å²) in [7, 11) is 0. The van der Waals surface area contributed by atoms with Crippen LogP contribution in [0.15, 0.2) is 48.8 Å². The van der Waals surface area contributed by atoms with Crippen LogP contribution in [0.4, 0.5) is 11.8 Å². The molecule has 3 aromatic heterocycles. The maximum atomic E-state index is 14.4. The molecule has 334 valence electrons. The van der Waals surface area contributed by atoms with E-state index in [1.807, 2.05) is 13.8 Å². The summed E-state index contributed by atoms with van der Waals surface area (Å²) in [6, 6.07) is 13.2. The molecule has 4 unspecified atom stereocenters. The molecule has 0 saturated carbocycles. The van der Waals surface area contributed by atoms with E-state index in [1.165, 1.54) is 16.5 Å². The first-order chi connectivity index (χ1) is 31.0. The minimum atomic E-state index is -0.235. The lowest BCUT2D eigenvalue weighted by Crippen LogP contribution is -2.57. The summed E-state index contributed by atoms with van der Waals surface area (Å²) >= 11 is 1.78. The Morgan fingerprint density at radius 3 is 2.23 bits per heavy atom. The number of aromatic hydroxyl groups is 2. The largest absolute Gasteiger partial charge is 0.508 e. The number of benzene rings is 2. The first-order valence-corrected chi connectivity index (χ1v) is 23.8. The van der Waals surface area contributed by atoms with Crippen LogP contribution in [0.3, 0.4) is 0 Å². The van der Waals surface area contributed by atoms with E-state index < -0.39 is 0 Å². The van der Waals surface area contributed by atoms with Crippen LogP contribution >= 0.6 is 11.3 Å². The summed E-state index contributed by atoms with van der Waals surface area (Å²) in [6.45, 7) is 11.0. The Labute approximate surface area is 376 Å². The van der Waals surface area contributed by atoms with Gasteiger partial charge < -0.3 is 35.4 Å². The van der Waals surface area contributed by atoms with Gasteiger partial charge in [0.05, 0.1) is 34.6 Å². The number of hydrogen-bond acceptors (Lipinski definition) is 14. The van der Waals surface area contributed by atoms with Crippen molar-refractivity contribution < 1.29 is 24.5 Å². The fourth-order valence-corrected chi connectivity index (χ4v) is 12.6. The third-order valence-electron chi connectivity index (χ3n) is 14.8. The maximum Gasteiger partial charge on any atom is 0.258 e. The summed E-state index contributed by atoms with van der Waals surface area (Å²) < 4.78 is 6.76. The number of phenolic OH excluding ortho intramolecular Hbond substituents is 2. The van der Waals surface area contributed by atoms with E-state index in [0.717, 1.165) is 111 Å². The molecule has 9 heterocycles. The fraction of sp³-hybridized carbons (Fsp3) is 0.500. The van der Waals surface area contributed by atoms with E-state index in [4.69, 9.17) is 20.4 Å². The third kappa shape index (κ3) is 7.61. The number of phenols is 2. The molecule has 6 aliphatic rings. The van der Waals surface area contributed by atoms with Gasteiger partial charge in [0.25, 0.3) is 5.91 Å². The molecule has 6 aliphatic heterocycles. The van der Waals surface area contributed by atoms with Crippen LogP contribution in [0.5, 0.6) is 11.5 Å². The number of ether oxygens (including phenoxy) is 1. The monoisotopic (exact) mass is 884 g/mol. The topological polar surface area (TPSA) is 178 Å². The van der Waals surface area contributed by atoms with Gasteiger partial charge in [0.2, 0.25) is 11.9 Å². The zero-order chi connectivity index (χ0) is 43.8. The number of aromatic nitrogens is 4. The number of nitrogens with zero attached hydrogens (tertiary/aromatic N) is 9. The molecular formula is C48H56N10O5S. The second kappa shape index (κ2) is 16.5. The van der Waals surface area contributed by atoms with Gasteiger partial charge in [0, 0.05) is 106 Å². The number of nitrogen functional groups attached to an aromatic ring is 1. The summed E-state index contributed by atoms with van der Waals surface area (Å²) in [4.78, 5) is 59.2. The van der Waals surface area contributed by atoms with Gasteiger partial charge in [0.15, 0.2) is 11.6 Å². The Balaban J connectivity index is 0.726. The SMILES string of the molecule is CC(C)c1cc(C(=O)N2Cc3ccc(CN4C5CCC4CN(C(=O)C4CC6CCC(C4)N6Cc4cc6nc(-c7cnc(N)nc7)nc(N7CCOCC7)c6s4)C5)cc3C2)c(O)cc1O. The summed E-state index contributed by atoms with van der Waals surface area (Å²) in [5.74, 6) is 1.73. The molecule has 4 N–H and O–H groups in total. The molecule has 5 saturated heterocycles. The van der Waals surface area contributed by atoms with E-state index in [9.17, 15) is 19.8 Å². The molecule has 16 heteroatoms. The maximum absolute atomic E-state index is 14.4. The lowest BCUT2D eigenvalue weighted by atomic mass is 9.89. The van der Waals surface area contributed by atoms with Crippen LogP contribution in [0, 0.1) is 5.92 Å². The zero-order valence-corrected chi connectivity index (χ0v) is 37.3. The molecule has 0 aliphatic carbocycles. The number of amides is 2. The number of rotatable bonds is 9. The second-order valence-corrected chi connectivity index (χ2v) is 20.2. The van der Waals surface area contributed by atoms with Crippen molar-refractivity contribution in [3.8, 4) is 22.9 Å². The lowest BCUT2D eigenvalue weighted by Gasteiger charge is -2.44. The quantitative estimate of drug-likeness (QED) is 0.160. The first kappa shape index (κ1) is 41.3. The fourth-order valence-electron chi connectivity index (χ4n) is 11.5. The predicted octanol–water partition coefficient (Wildman–Crippen LogP) is 5.88. The number of carbonyl (C=O) groups is 2. The van der Waals surface area contributed by atoms with Crippen molar-refractivity contribution in [2.75, 3.05) is 50.0 Å². The van der Waals surface area contributed by atoms with E-state index in [1.54, 1.807) is 34.7 Å². The average molecular weight is 885 g/mol. The number of nitrogens with two attached hydrogens (primary N) is 1. The molecule has 15 nitrogen and oxygen atoms in total. The Morgan fingerprint density at radius 1 is 0.828 bits per heavy atom. The number of thiophene rings is 1. The smallest absolute Gasteiger partial charge is 0.258 e. The van der Waals surface area contributed by atoms with Crippen molar-refractivity contribution in [1.82, 2.24) is 39.5 Å². The molecule has 64 heavy (non-hydrogen) atoms. The van der Waals surface area contributed by atoms with E-state index >= 15 is 0 Å². The molecule has 2 amide bonds. The Morgan fingerprint density at radius 2 is 1.52 bits per heavy atom. The van der Waals surface area contributed by atoms with Crippen molar-refractivity contribution in [1.29, 1.82) is 0 Å². The number of anilines is 2. The van der Waals surface area contributed by atoms with E-state index in [0.29, 0.717) is 67.8 Å². The number of fused-ring (bicyclic) bond motifs is 6. The van der Waals surface area contributed by atoms with Crippen molar-refractivity contribution in [2.24, 2.45) is 5.92 Å². The molecule has 2 aromatic carbocycles. The van der Waals surface area contributed by atoms with Crippen LogP contribution in [-0.4, -0.2) is 125 Å². The van der Waals surface area contributed by atoms with Gasteiger partial charge in [-0.15, -0.1) is 11.3 Å². The van der Waals surface area contributed by atoms with Crippen molar-refractivity contribution >= 4 is 45.1 Å². The Hall–Kier alpha value is -5.42. The Bertz CT molecular complexity index is 2590. The lowest BCUT2D eigenvalue weighted by molar-refractivity contribution is -0.141. The van der Waals surface area contributed by atoms with Gasteiger partial charge in [-0.3, -0.25) is 19.4 Å². The normalized spacial score (nSPS) is 24.6. The molecule has 5 fully saturated rings. The third-order valence-corrected chi connectivity index (χ3v) is 15.9. The van der Waals surface area contributed by atoms with Gasteiger partial charge in [-0.25, -0.2) is 19.9 Å². The summed E-state index contributed by atoms with van der Waals surface area (Å²) in [6.07, 6.45) is 9.64. The molecule has 11 rings (SSSR count). The van der Waals surface area contributed by atoms with Crippen LogP contribution in [-0.2, 0) is 35.7 Å². The average Bonchev–Trinajstić information content (AvgIpc) is 4.02. The minimum Gasteiger partial charge on any atom is -0.508 e. The number of likely N-dealkylation sites (tertiary alicyclic amines) is 1. The highest BCUT2D eigenvalue weighted by atomic mass is 32.1. The number of piperazine rings is 1. The number of carbonyl (C=O) groups excluding carboxylic acids is 2. The molecule has 0 spiro atoms. The highest BCUT2D eigenvalue weighted by Gasteiger charge is 2.47. The summed E-state index contributed by atoms with van der Waals surface area (Å²) in [5, 5.41) is 20.9. The molecule has 5 aromatic rings. The van der Waals surface area contributed by atoms with Gasteiger partial charge >= 0.3 is 0 Å². The van der Waals surface area contributed by atoms with Crippen molar-refractivity contribution in [2.45, 2.75) is 109 Å². The first-order valence-electron chi connectivity index (χ1n) is 23.0. The number of piperidine rings is 1. The Kier molecular flexibility index (Phi) is 10.7. The van der Waals surface area contributed by atoms with Gasteiger partial charge in [-0.1, -0.05) is 32.0 Å². The van der Waals surface area contributed by atoms with Gasteiger partial charge in [-0.2, -0.15) is 0 Å². The molecule has 4 bridgehead atoms. The number of hydrogen-bond donors (Lipinski definition) is 3. The van der Waals surface area contributed by atoms with Crippen LogP contribution in [0.25, 0.3) is 21.6 Å². The van der Waals surface area contributed by atoms with Gasteiger partial charge in [-0.05, 0) is 78.8 Å². The van der Waals surface area contributed by atoms with E-state index in [-0.39, 0.29) is 40.8 Å². The van der Waals surface area contributed by atoms with Crippen LogP contribution in [0.2, 0.25) is 0 Å². The van der Waals surface area contributed by atoms with Crippen molar-refractivity contribution in [3.05, 3.63) is 81.5 Å². The minimum absolute atomic E-state index is 0.00292. The predicted molar refractivity (Wildman–Crippen MR) is 244 cm³/mol. The molecular weight excluding hydrogens is 829 g/mol. The van der Waals surface area contributed by atoms with Crippen LogP contribution in [0.1, 0.15) is 95.8 Å². The van der Waals surface area contributed by atoms with Crippen LogP contribution < -0.4 is 10.6 Å². The molecule has 0 radical (unpaired) electrons. The van der Waals surface area contributed by atoms with Crippen molar-refractivity contribution in [3.63, 3.8) is 0 Å². The summed E-state index contributed by atoms with van der Waals surface area (Å²) in [5.41, 5.74) is 11.8. The van der Waals surface area contributed by atoms with Gasteiger partial charge in [0.1, 0.15) is 11.5 Å². The second-order valence-electron chi connectivity index (χ2n) is 19.1. The number of morpholine rings is 1. The highest BCUT2D eigenvalue weighted by Crippen LogP contribution is 2.44.